The molecule has 0 unspecified atom stereocenters. The van der Waals surface area contributed by atoms with E-state index in [9.17, 15) is 13.6 Å². The normalized spacial score (nSPS) is 17.5. The van der Waals surface area contributed by atoms with Gasteiger partial charge < -0.3 is 4.74 Å². The third-order valence-electron chi connectivity index (χ3n) is 6.50. The molecule has 1 aliphatic rings. The lowest BCUT2D eigenvalue weighted by Crippen LogP contribution is -2.13. The van der Waals surface area contributed by atoms with Gasteiger partial charge in [-0.3, -0.25) is 0 Å². The largest absolute Gasteiger partial charge is 0.423 e. The number of ether oxygens (including phenoxy) is 1. The van der Waals surface area contributed by atoms with E-state index in [1.54, 1.807) is 24.3 Å². The summed E-state index contributed by atoms with van der Waals surface area (Å²) in [6, 6.07) is 18.2. The van der Waals surface area contributed by atoms with E-state index in [2.05, 4.69) is 43.0 Å². The average molecular weight is 459 g/mol. The predicted octanol–water partition coefficient (Wildman–Crippen LogP) is 7.66. The van der Waals surface area contributed by atoms with Gasteiger partial charge in [-0.15, -0.1) is 0 Å². The molecule has 3 aromatic carbocycles. The van der Waals surface area contributed by atoms with Gasteiger partial charge in [0.25, 0.3) is 0 Å². The minimum Gasteiger partial charge on any atom is -0.423 e. The summed E-state index contributed by atoms with van der Waals surface area (Å²) in [7, 11) is 0. The zero-order chi connectivity index (χ0) is 23.9. The molecule has 0 aromatic heterocycles. The molecule has 0 heterocycles. The Morgan fingerprint density at radius 1 is 0.853 bits per heavy atom. The molecule has 0 saturated heterocycles. The second-order valence-electron chi connectivity index (χ2n) is 8.92. The van der Waals surface area contributed by atoms with Crippen LogP contribution in [0.3, 0.4) is 0 Å². The van der Waals surface area contributed by atoms with Gasteiger partial charge in [0.1, 0.15) is 5.75 Å². The summed E-state index contributed by atoms with van der Waals surface area (Å²) in [6.07, 6.45) is 7.88. The second kappa shape index (κ2) is 11.1. The molecule has 0 radical (unpaired) electrons. The standard InChI is InChI=1S/C30H28F2O2/c1-2-3-21-6-12-24(13-7-21)25-14-8-22(9-15-25)4-5-23-10-16-26(17-11-23)30(33)34-27-18-19-28(31)29(32)20-27/h8-11,14-21,24H,2-3,6-7,12-13H2,1H3. The maximum Gasteiger partial charge on any atom is 0.343 e. The van der Waals surface area contributed by atoms with Crippen molar-refractivity contribution in [2.75, 3.05) is 0 Å². The second-order valence-corrected chi connectivity index (χ2v) is 8.92. The Balaban J connectivity index is 1.34. The average Bonchev–Trinajstić information content (AvgIpc) is 2.86. The number of carbonyl (C=O) groups is 1. The molecule has 0 spiro atoms. The van der Waals surface area contributed by atoms with Crippen molar-refractivity contribution in [2.45, 2.75) is 51.4 Å². The molecule has 1 aliphatic carbocycles. The van der Waals surface area contributed by atoms with E-state index in [0.29, 0.717) is 11.5 Å². The van der Waals surface area contributed by atoms with Crippen LogP contribution in [0.2, 0.25) is 0 Å². The fraction of sp³-hybridized carbons (Fsp3) is 0.300. The monoisotopic (exact) mass is 458 g/mol. The number of rotatable bonds is 5. The van der Waals surface area contributed by atoms with E-state index in [1.165, 1.54) is 50.2 Å². The molecular weight excluding hydrogens is 430 g/mol. The van der Waals surface area contributed by atoms with Crippen LogP contribution >= 0.6 is 0 Å². The Bertz CT molecular complexity index is 1180. The molecule has 34 heavy (non-hydrogen) atoms. The summed E-state index contributed by atoms with van der Waals surface area (Å²) in [6.45, 7) is 2.27. The molecule has 0 atom stereocenters. The molecule has 0 aliphatic heterocycles. The highest BCUT2D eigenvalue weighted by Gasteiger charge is 2.21. The highest BCUT2D eigenvalue weighted by atomic mass is 19.2. The van der Waals surface area contributed by atoms with Crippen molar-refractivity contribution in [3.63, 3.8) is 0 Å². The number of benzene rings is 3. The molecule has 4 rings (SSSR count). The van der Waals surface area contributed by atoms with Crippen molar-refractivity contribution < 1.29 is 18.3 Å². The Kier molecular flexibility index (Phi) is 7.75. The lowest BCUT2D eigenvalue weighted by molar-refractivity contribution is 0.0734. The predicted molar refractivity (Wildman–Crippen MR) is 130 cm³/mol. The first-order chi connectivity index (χ1) is 16.5. The molecule has 174 valence electrons. The summed E-state index contributed by atoms with van der Waals surface area (Å²) >= 11 is 0. The number of hydrogen-bond acceptors (Lipinski definition) is 2. The maximum absolute atomic E-state index is 13.3. The van der Waals surface area contributed by atoms with Crippen molar-refractivity contribution in [3.8, 4) is 17.6 Å². The maximum atomic E-state index is 13.3. The lowest BCUT2D eigenvalue weighted by Gasteiger charge is -2.28. The van der Waals surface area contributed by atoms with Gasteiger partial charge in [0, 0.05) is 17.2 Å². The highest BCUT2D eigenvalue weighted by molar-refractivity contribution is 5.91. The smallest absolute Gasteiger partial charge is 0.343 e. The van der Waals surface area contributed by atoms with Gasteiger partial charge in [-0.05, 0) is 91.6 Å². The number of esters is 1. The van der Waals surface area contributed by atoms with E-state index < -0.39 is 17.6 Å². The topological polar surface area (TPSA) is 26.3 Å². The first-order valence-electron chi connectivity index (χ1n) is 11.9. The summed E-state index contributed by atoms with van der Waals surface area (Å²) in [5, 5.41) is 0. The Morgan fingerprint density at radius 2 is 1.47 bits per heavy atom. The number of carbonyl (C=O) groups excluding carboxylic acids is 1. The van der Waals surface area contributed by atoms with Gasteiger partial charge in [0.15, 0.2) is 11.6 Å². The van der Waals surface area contributed by atoms with Crippen LogP contribution in [0.25, 0.3) is 0 Å². The van der Waals surface area contributed by atoms with Gasteiger partial charge in [-0.1, -0.05) is 43.7 Å². The number of hydrogen-bond donors (Lipinski definition) is 0. The van der Waals surface area contributed by atoms with Gasteiger partial charge >= 0.3 is 5.97 Å². The van der Waals surface area contributed by atoms with Crippen LogP contribution in [0.4, 0.5) is 8.78 Å². The van der Waals surface area contributed by atoms with Crippen LogP contribution in [0.1, 0.15) is 78.4 Å². The molecule has 0 bridgehead atoms. The van der Waals surface area contributed by atoms with Crippen molar-refractivity contribution in [1.82, 2.24) is 0 Å². The molecule has 3 aromatic rings. The van der Waals surface area contributed by atoms with Crippen LogP contribution in [-0.4, -0.2) is 5.97 Å². The van der Waals surface area contributed by atoms with Crippen molar-refractivity contribution in [1.29, 1.82) is 0 Å². The van der Waals surface area contributed by atoms with Gasteiger partial charge in [0.05, 0.1) is 5.56 Å². The SMILES string of the molecule is CCCC1CCC(c2ccc(C#Cc3ccc(C(=O)Oc4ccc(F)c(F)c4)cc3)cc2)CC1. The summed E-state index contributed by atoms with van der Waals surface area (Å²) in [5.74, 6) is 5.10. The molecule has 2 nitrogen and oxygen atoms in total. The van der Waals surface area contributed by atoms with Crippen LogP contribution in [0, 0.1) is 29.4 Å². The van der Waals surface area contributed by atoms with Gasteiger partial charge in [-0.25, -0.2) is 13.6 Å². The fourth-order valence-electron chi connectivity index (χ4n) is 4.57. The molecular formula is C30H28F2O2. The van der Waals surface area contributed by atoms with Crippen molar-refractivity contribution in [2.24, 2.45) is 5.92 Å². The lowest BCUT2D eigenvalue weighted by atomic mass is 9.77. The Morgan fingerprint density at radius 3 is 2.06 bits per heavy atom. The van der Waals surface area contributed by atoms with Crippen LogP contribution in [0.5, 0.6) is 5.75 Å². The highest BCUT2D eigenvalue weighted by Crippen LogP contribution is 2.37. The Labute approximate surface area is 200 Å². The third kappa shape index (κ3) is 6.11. The van der Waals surface area contributed by atoms with E-state index >= 15 is 0 Å². The van der Waals surface area contributed by atoms with E-state index in [0.717, 1.165) is 29.2 Å². The minimum atomic E-state index is -1.07. The van der Waals surface area contributed by atoms with Crippen LogP contribution in [-0.2, 0) is 0 Å². The first-order valence-corrected chi connectivity index (χ1v) is 11.9. The minimum absolute atomic E-state index is 0.0507. The van der Waals surface area contributed by atoms with Crippen LogP contribution < -0.4 is 4.74 Å². The molecule has 1 fully saturated rings. The first kappa shape index (κ1) is 23.7. The molecule has 0 N–H and O–H groups in total. The quantitative estimate of drug-likeness (QED) is 0.223. The van der Waals surface area contributed by atoms with E-state index in [-0.39, 0.29) is 5.75 Å². The van der Waals surface area contributed by atoms with Gasteiger partial charge in [-0.2, -0.15) is 0 Å². The molecule has 0 amide bonds. The third-order valence-corrected chi connectivity index (χ3v) is 6.50. The number of halogens is 2. The van der Waals surface area contributed by atoms with E-state index in [1.807, 2.05) is 0 Å². The van der Waals surface area contributed by atoms with Crippen LogP contribution in [0.15, 0.2) is 66.7 Å². The van der Waals surface area contributed by atoms with Crippen molar-refractivity contribution in [3.05, 3.63) is 101 Å². The summed E-state index contributed by atoms with van der Waals surface area (Å²) in [5.41, 5.74) is 3.42. The zero-order valence-electron chi connectivity index (χ0n) is 19.3. The summed E-state index contributed by atoms with van der Waals surface area (Å²) < 4.78 is 31.4. The molecule has 1 saturated carbocycles. The Hall–Kier alpha value is -3.45. The van der Waals surface area contributed by atoms with E-state index in [4.69, 9.17) is 4.74 Å². The van der Waals surface area contributed by atoms with Gasteiger partial charge in [0.2, 0.25) is 0 Å². The fourth-order valence-corrected chi connectivity index (χ4v) is 4.57. The summed E-state index contributed by atoms with van der Waals surface area (Å²) in [4.78, 5) is 12.2. The molecule has 4 heteroatoms. The van der Waals surface area contributed by atoms with Crippen molar-refractivity contribution >= 4 is 5.97 Å². The zero-order valence-corrected chi connectivity index (χ0v) is 19.3.